The summed E-state index contributed by atoms with van der Waals surface area (Å²) >= 11 is 2.18. The zero-order chi connectivity index (χ0) is 34.7. The van der Waals surface area contributed by atoms with Crippen molar-refractivity contribution in [2.75, 3.05) is 39.3 Å². The Hall–Kier alpha value is -3.90. The van der Waals surface area contributed by atoms with E-state index >= 15 is 0 Å². The standard InChI is InChI=1S/C36H36F2N4O4S2Se/c1-21-29(23-9-7-11-25(37)17-23)31(33(45)39-19-27(43)41-13-3-4-14-41)35(47-21)49-36-32(34(46)40-20-28(44)42-15-5-6-16-42)30(22(2)48-36)24-10-8-12-26(38)18-24/h7-12,17-18H,3-6,13-16,19-20H2,1-2H3,(H,39,45)(H,40,46). The molecule has 2 N–H and O–H groups in total. The molecule has 4 amide bonds. The Kier molecular flexibility index (Phi) is 10.9. The van der Waals surface area contributed by atoms with Crippen LogP contribution in [0.25, 0.3) is 22.3 Å². The molecule has 2 aliphatic heterocycles. The molecule has 0 radical (unpaired) electrons. The Morgan fingerprint density at radius 2 is 1.06 bits per heavy atom. The molecule has 6 rings (SSSR count). The molecule has 256 valence electrons. The van der Waals surface area contributed by atoms with Gasteiger partial charge in [-0.3, -0.25) is 0 Å². The first-order valence-electron chi connectivity index (χ1n) is 16.2. The number of halogens is 2. The number of nitrogens with one attached hydrogen (secondary N) is 2. The summed E-state index contributed by atoms with van der Waals surface area (Å²) in [6.45, 7) is 6.05. The van der Waals surface area contributed by atoms with Gasteiger partial charge >= 0.3 is 299 Å². The zero-order valence-electron chi connectivity index (χ0n) is 27.2. The van der Waals surface area contributed by atoms with Gasteiger partial charge in [0.1, 0.15) is 0 Å². The van der Waals surface area contributed by atoms with Gasteiger partial charge < -0.3 is 0 Å². The number of benzene rings is 2. The first-order chi connectivity index (χ1) is 23.6. The first kappa shape index (κ1) is 34.9. The third kappa shape index (κ3) is 7.80. The van der Waals surface area contributed by atoms with Crippen LogP contribution in [0.3, 0.4) is 0 Å². The van der Waals surface area contributed by atoms with Crippen molar-refractivity contribution in [3.05, 3.63) is 81.0 Å². The molecule has 0 bridgehead atoms. The average molecular weight is 770 g/mol. The summed E-state index contributed by atoms with van der Waals surface area (Å²) < 4.78 is 30.3. The molecule has 2 aromatic carbocycles. The molecule has 0 aliphatic carbocycles. The van der Waals surface area contributed by atoms with Crippen LogP contribution in [0.15, 0.2) is 48.5 Å². The van der Waals surface area contributed by atoms with Crippen molar-refractivity contribution in [2.24, 2.45) is 0 Å². The third-order valence-corrected chi connectivity index (χ3v) is 14.0. The number of rotatable bonds is 10. The van der Waals surface area contributed by atoms with Crippen LogP contribution in [0.2, 0.25) is 0 Å². The molecule has 0 atom stereocenters. The van der Waals surface area contributed by atoms with E-state index in [1.165, 1.54) is 46.9 Å². The van der Waals surface area contributed by atoms with Gasteiger partial charge in [-0.25, -0.2) is 0 Å². The molecule has 2 saturated heterocycles. The Labute approximate surface area is 298 Å². The van der Waals surface area contributed by atoms with Gasteiger partial charge in [0.2, 0.25) is 0 Å². The number of hydrogen-bond donors (Lipinski definition) is 2. The number of carbonyl (C=O) groups excluding carboxylic acids is 4. The molecule has 4 heterocycles. The van der Waals surface area contributed by atoms with Gasteiger partial charge in [0, 0.05) is 0 Å². The fraction of sp³-hybridized carbons (Fsp3) is 0.333. The van der Waals surface area contributed by atoms with Crippen LogP contribution >= 0.6 is 22.7 Å². The topological polar surface area (TPSA) is 98.8 Å². The summed E-state index contributed by atoms with van der Waals surface area (Å²) in [6, 6.07) is 12.1. The van der Waals surface area contributed by atoms with Gasteiger partial charge in [-0.15, -0.1) is 0 Å². The number of hydrogen-bond acceptors (Lipinski definition) is 6. The van der Waals surface area contributed by atoms with Crippen molar-refractivity contribution in [3.63, 3.8) is 0 Å². The van der Waals surface area contributed by atoms with Crippen molar-refractivity contribution < 1.29 is 28.0 Å². The maximum atomic E-state index is 14.5. The van der Waals surface area contributed by atoms with Crippen LogP contribution in [-0.2, 0) is 9.59 Å². The summed E-state index contributed by atoms with van der Waals surface area (Å²) in [6.07, 6.45) is 3.72. The van der Waals surface area contributed by atoms with Crippen LogP contribution in [0.5, 0.6) is 0 Å². The Bertz CT molecular complexity index is 1780. The van der Waals surface area contributed by atoms with E-state index in [-0.39, 0.29) is 24.9 Å². The molecule has 8 nitrogen and oxygen atoms in total. The van der Waals surface area contributed by atoms with Crippen LogP contribution in [0.1, 0.15) is 56.2 Å². The molecule has 2 fully saturated rings. The van der Waals surface area contributed by atoms with Gasteiger partial charge in [-0.05, 0) is 0 Å². The van der Waals surface area contributed by atoms with E-state index in [0.29, 0.717) is 67.1 Å². The molecular formula is C36H36F2N4O4S2Se. The molecule has 0 saturated carbocycles. The van der Waals surface area contributed by atoms with Crippen molar-refractivity contribution in [1.82, 2.24) is 20.4 Å². The second kappa shape index (κ2) is 15.3. The predicted octanol–water partition coefficient (Wildman–Crippen LogP) is 4.40. The fourth-order valence-corrected chi connectivity index (χ4v) is 13.0. The van der Waals surface area contributed by atoms with Crippen molar-refractivity contribution in [3.8, 4) is 22.3 Å². The van der Waals surface area contributed by atoms with E-state index in [2.05, 4.69) is 10.6 Å². The van der Waals surface area contributed by atoms with E-state index in [4.69, 9.17) is 0 Å². The van der Waals surface area contributed by atoms with Crippen molar-refractivity contribution in [1.29, 1.82) is 0 Å². The van der Waals surface area contributed by atoms with E-state index in [1.54, 1.807) is 34.1 Å². The summed E-state index contributed by atoms with van der Waals surface area (Å²) in [5, 5.41) is 5.64. The van der Waals surface area contributed by atoms with E-state index in [0.717, 1.165) is 35.4 Å². The van der Waals surface area contributed by atoms with Crippen LogP contribution in [0, 0.1) is 25.5 Å². The fourth-order valence-electron chi connectivity index (χ4n) is 6.31. The number of nitrogens with zero attached hydrogens (tertiary/aromatic N) is 2. The quantitative estimate of drug-likeness (QED) is 0.234. The van der Waals surface area contributed by atoms with Gasteiger partial charge in [0.25, 0.3) is 0 Å². The summed E-state index contributed by atoms with van der Waals surface area (Å²) in [4.78, 5) is 58.7. The molecule has 49 heavy (non-hydrogen) atoms. The van der Waals surface area contributed by atoms with Gasteiger partial charge in [-0.1, -0.05) is 0 Å². The van der Waals surface area contributed by atoms with Gasteiger partial charge in [-0.2, -0.15) is 0 Å². The second-order valence-corrected chi connectivity index (χ2v) is 17.8. The summed E-state index contributed by atoms with van der Waals surface area (Å²) in [5.41, 5.74) is 2.91. The second-order valence-electron chi connectivity index (χ2n) is 12.1. The predicted molar refractivity (Wildman–Crippen MR) is 190 cm³/mol. The maximum absolute atomic E-state index is 14.5. The molecular weight excluding hydrogens is 734 g/mol. The van der Waals surface area contributed by atoms with E-state index in [9.17, 15) is 28.0 Å². The monoisotopic (exact) mass is 770 g/mol. The average Bonchev–Trinajstić information content (AvgIpc) is 3.90. The minimum absolute atomic E-state index is 0.159. The van der Waals surface area contributed by atoms with Crippen LogP contribution in [0.4, 0.5) is 8.78 Å². The van der Waals surface area contributed by atoms with Gasteiger partial charge in [0.05, 0.1) is 0 Å². The molecule has 0 unspecified atom stereocenters. The third-order valence-electron chi connectivity index (χ3n) is 8.69. The summed E-state index contributed by atoms with van der Waals surface area (Å²) in [5.74, 6) is -2.10. The van der Waals surface area contributed by atoms with Gasteiger partial charge in [0.15, 0.2) is 0 Å². The normalized spacial score (nSPS) is 14.4. The Morgan fingerprint density at radius 1 is 0.673 bits per heavy atom. The van der Waals surface area contributed by atoms with Crippen LogP contribution < -0.4 is 18.2 Å². The summed E-state index contributed by atoms with van der Waals surface area (Å²) in [7, 11) is 0. The number of aryl methyl sites for hydroxylation is 2. The number of thiophene rings is 2. The van der Waals surface area contributed by atoms with E-state index in [1.807, 2.05) is 13.8 Å². The Balaban J connectivity index is 1.39. The molecule has 2 aromatic heterocycles. The number of amides is 4. The number of carbonyl (C=O) groups is 4. The molecule has 0 spiro atoms. The zero-order valence-corrected chi connectivity index (χ0v) is 30.5. The van der Waals surface area contributed by atoms with E-state index < -0.39 is 38.4 Å². The number of likely N-dealkylation sites (tertiary alicyclic amines) is 2. The molecule has 13 heteroatoms. The van der Waals surface area contributed by atoms with Crippen molar-refractivity contribution >= 4 is 68.8 Å². The Morgan fingerprint density at radius 3 is 1.43 bits per heavy atom. The minimum atomic E-state index is -0.612. The SMILES string of the molecule is Cc1sc([Se]c2sc(C)c(-c3cccc(F)c3)c2C(=O)NCC(=O)N2CCCC2)c(C(=O)NCC(=O)N2CCCC2)c1-c1cccc(F)c1. The first-order valence-corrected chi connectivity index (χ1v) is 19.5. The molecule has 2 aliphatic rings. The van der Waals surface area contributed by atoms with Crippen LogP contribution in [-0.4, -0.2) is 87.7 Å². The molecule has 4 aromatic rings. The van der Waals surface area contributed by atoms with Crippen molar-refractivity contribution in [2.45, 2.75) is 39.5 Å².